The van der Waals surface area contributed by atoms with Gasteiger partial charge in [0.15, 0.2) is 0 Å². The summed E-state index contributed by atoms with van der Waals surface area (Å²) in [7, 11) is 0. The van der Waals surface area contributed by atoms with Crippen LogP contribution < -0.4 is 16.0 Å². The molecule has 0 radical (unpaired) electrons. The molecule has 0 bridgehead atoms. The lowest BCUT2D eigenvalue weighted by Gasteiger charge is -2.16. The molecule has 0 atom stereocenters. The number of hydrogen-bond donors (Lipinski definition) is 3. The Morgan fingerprint density at radius 1 is 0.929 bits per heavy atom. The van der Waals surface area contributed by atoms with Gasteiger partial charge in [0.2, 0.25) is 0 Å². The molecule has 1 aliphatic carbocycles. The summed E-state index contributed by atoms with van der Waals surface area (Å²) in [6, 6.07) is 10.9. The number of amides is 2. The van der Waals surface area contributed by atoms with Gasteiger partial charge >= 0.3 is 0 Å². The zero-order valence-electron chi connectivity index (χ0n) is 16.1. The van der Waals surface area contributed by atoms with E-state index in [4.69, 9.17) is 0 Å². The molecule has 2 aromatic rings. The molecule has 2 amide bonds. The van der Waals surface area contributed by atoms with Crippen molar-refractivity contribution in [2.24, 2.45) is 0 Å². The van der Waals surface area contributed by atoms with Gasteiger partial charge in [-0.3, -0.25) is 14.6 Å². The van der Waals surface area contributed by atoms with E-state index in [1.165, 1.54) is 44.7 Å². The second-order valence-electron chi connectivity index (χ2n) is 7.18. The molecule has 0 saturated heterocycles. The van der Waals surface area contributed by atoms with E-state index >= 15 is 0 Å². The van der Waals surface area contributed by atoms with Crippen LogP contribution in [0, 0.1) is 0 Å². The second kappa shape index (κ2) is 10.6. The Hall–Kier alpha value is -2.73. The van der Waals surface area contributed by atoms with Crippen LogP contribution in [-0.4, -0.2) is 35.9 Å². The largest absolute Gasteiger partial charge is 0.351 e. The van der Waals surface area contributed by atoms with Crippen molar-refractivity contribution in [2.45, 2.75) is 44.6 Å². The average molecular weight is 380 g/mol. The molecule has 3 rings (SSSR count). The molecule has 6 nitrogen and oxygen atoms in total. The number of nitrogens with zero attached hydrogens (tertiary/aromatic N) is 1. The fourth-order valence-electron chi connectivity index (χ4n) is 3.48. The number of nitrogens with one attached hydrogen (secondary N) is 3. The highest BCUT2D eigenvalue weighted by atomic mass is 16.2. The number of aromatic nitrogens is 1. The maximum Gasteiger partial charge on any atom is 0.257 e. The van der Waals surface area contributed by atoms with Crippen LogP contribution in [0.25, 0.3) is 0 Å². The summed E-state index contributed by atoms with van der Waals surface area (Å²) in [5.41, 5.74) is 1.58. The van der Waals surface area contributed by atoms with Crippen molar-refractivity contribution in [2.75, 3.05) is 18.4 Å². The van der Waals surface area contributed by atoms with Crippen molar-refractivity contribution < 1.29 is 9.59 Å². The molecule has 0 aliphatic heterocycles. The summed E-state index contributed by atoms with van der Waals surface area (Å²) in [5, 5.41) is 9.29. The van der Waals surface area contributed by atoms with Gasteiger partial charge in [-0.05, 0) is 43.2 Å². The van der Waals surface area contributed by atoms with E-state index in [1.807, 2.05) is 0 Å². The second-order valence-corrected chi connectivity index (χ2v) is 7.18. The van der Waals surface area contributed by atoms with Gasteiger partial charge in [0.05, 0.1) is 5.56 Å². The number of benzene rings is 1. The third kappa shape index (κ3) is 6.16. The third-order valence-electron chi connectivity index (χ3n) is 5.01. The molecule has 1 fully saturated rings. The Kier molecular flexibility index (Phi) is 7.55. The van der Waals surface area contributed by atoms with Gasteiger partial charge in [0.25, 0.3) is 11.8 Å². The topological polar surface area (TPSA) is 83.1 Å². The summed E-state index contributed by atoms with van der Waals surface area (Å²) in [5.74, 6) is -0.390. The molecular formula is C22H28N4O2. The lowest BCUT2D eigenvalue weighted by Crippen LogP contribution is -2.36. The van der Waals surface area contributed by atoms with E-state index in [0.29, 0.717) is 29.4 Å². The number of carbonyl (C=O) groups excluding carboxylic acids is 2. The van der Waals surface area contributed by atoms with Crippen LogP contribution >= 0.6 is 0 Å². The first-order valence-corrected chi connectivity index (χ1v) is 10.1. The Bertz CT molecular complexity index is 771. The van der Waals surface area contributed by atoms with Crippen LogP contribution in [0.3, 0.4) is 0 Å². The van der Waals surface area contributed by atoms with Crippen molar-refractivity contribution in [1.82, 2.24) is 15.6 Å². The van der Waals surface area contributed by atoms with Crippen molar-refractivity contribution in [3.05, 3.63) is 59.9 Å². The predicted molar refractivity (Wildman–Crippen MR) is 110 cm³/mol. The summed E-state index contributed by atoms with van der Waals surface area (Å²) < 4.78 is 0. The van der Waals surface area contributed by atoms with Crippen molar-refractivity contribution >= 4 is 17.5 Å². The van der Waals surface area contributed by atoms with E-state index in [9.17, 15) is 9.59 Å². The monoisotopic (exact) mass is 380 g/mol. The van der Waals surface area contributed by atoms with Crippen LogP contribution in [0.1, 0.15) is 59.2 Å². The van der Waals surface area contributed by atoms with Crippen LogP contribution in [0.2, 0.25) is 0 Å². The SMILES string of the molecule is O=C(NCCNC1CCCCCC1)c1cccc(NC(=O)c2cccnc2)c1. The van der Waals surface area contributed by atoms with E-state index in [1.54, 1.807) is 42.6 Å². The minimum atomic E-state index is -0.252. The minimum Gasteiger partial charge on any atom is -0.351 e. The van der Waals surface area contributed by atoms with Gasteiger partial charge in [-0.15, -0.1) is 0 Å². The van der Waals surface area contributed by atoms with Crippen LogP contribution in [0.4, 0.5) is 5.69 Å². The van der Waals surface area contributed by atoms with Gasteiger partial charge < -0.3 is 16.0 Å². The molecule has 0 spiro atoms. The van der Waals surface area contributed by atoms with Crippen LogP contribution in [0.5, 0.6) is 0 Å². The highest BCUT2D eigenvalue weighted by molar-refractivity contribution is 6.04. The van der Waals surface area contributed by atoms with Crippen molar-refractivity contribution in [3.8, 4) is 0 Å². The lowest BCUT2D eigenvalue weighted by molar-refractivity contribution is 0.0952. The highest BCUT2D eigenvalue weighted by Crippen LogP contribution is 2.17. The molecule has 3 N–H and O–H groups in total. The smallest absolute Gasteiger partial charge is 0.257 e. The lowest BCUT2D eigenvalue weighted by atomic mass is 10.1. The third-order valence-corrected chi connectivity index (χ3v) is 5.01. The molecule has 0 unspecified atom stereocenters. The van der Waals surface area contributed by atoms with Gasteiger partial charge in [0, 0.05) is 42.8 Å². The number of rotatable bonds is 7. The first-order chi connectivity index (χ1) is 13.7. The van der Waals surface area contributed by atoms with Gasteiger partial charge in [-0.25, -0.2) is 0 Å². The van der Waals surface area contributed by atoms with Crippen LogP contribution in [-0.2, 0) is 0 Å². The van der Waals surface area contributed by atoms with Gasteiger partial charge in [-0.2, -0.15) is 0 Å². The fraction of sp³-hybridized carbons (Fsp3) is 0.409. The van der Waals surface area contributed by atoms with E-state index < -0.39 is 0 Å². The van der Waals surface area contributed by atoms with Gasteiger partial charge in [0.1, 0.15) is 0 Å². The summed E-state index contributed by atoms with van der Waals surface area (Å²) in [4.78, 5) is 28.6. The fourth-order valence-corrected chi connectivity index (χ4v) is 3.48. The minimum absolute atomic E-state index is 0.139. The summed E-state index contributed by atoms with van der Waals surface area (Å²) in [6.07, 6.45) is 10.8. The Balaban J connectivity index is 1.46. The normalized spacial score (nSPS) is 14.9. The number of hydrogen-bond acceptors (Lipinski definition) is 4. The van der Waals surface area contributed by atoms with Crippen LogP contribution in [0.15, 0.2) is 48.8 Å². The standard InChI is InChI=1S/C22H28N4O2/c27-21(25-14-13-24-19-9-3-1-2-4-10-19)17-7-5-11-20(15-17)26-22(28)18-8-6-12-23-16-18/h5-8,11-12,15-16,19,24H,1-4,9-10,13-14H2,(H,25,27)(H,26,28). The molecule has 1 aromatic heterocycles. The van der Waals surface area contributed by atoms with E-state index in [2.05, 4.69) is 20.9 Å². The molecule has 1 aliphatic rings. The first kappa shape index (κ1) is 20.0. The predicted octanol–water partition coefficient (Wildman–Crippen LogP) is 3.38. The van der Waals surface area contributed by atoms with Crippen molar-refractivity contribution in [3.63, 3.8) is 0 Å². The quantitative estimate of drug-likeness (QED) is 0.508. The highest BCUT2D eigenvalue weighted by Gasteiger charge is 2.12. The maximum absolute atomic E-state index is 12.4. The van der Waals surface area contributed by atoms with E-state index in [0.717, 1.165) is 6.54 Å². The number of anilines is 1. The Morgan fingerprint density at radius 3 is 2.46 bits per heavy atom. The molecule has 28 heavy (non-hydrogen) atoms. The number of carbonyl (C=O) groups is 2. The zero-order chi connectivity index (χ0) is 19.6. The Labute approximate surface area is 166 Å². The van der Waals surface area contributed by atoms with Gasteiger partial charge in [-0.1, -0.05) is 31.7 Å². The Morgan fingerprint density at radius 2 is 1.71 bits per heavy atom. The number of pyridine rings is 1. The summed E-state index contributed by atoms with van der Waals surface area (Å²) >= 11 is 0. The van der Waals surface area contributed by atoms with E-state index in [-0.39, 0.29) is 11.8 Å². The molecule has 148 valence electrons. The van der Waals surface area contributed by atoms with Crippen molar-refractivity contribution in [1.29, 1.82) is 0 Å². The first-order valence-electron chi connectivity index (χ1n) is 10.1. The molecule has 1 heterocycles. The summed E-state index contributed by atoms with van der Waals surface area (Å²) in [6.45, 7) is 1.36. The molecule has 1 aromatic carbocycles. The molecule has 6 heteroatoms. The maximum atomic E-state index is 12.4. The zero-order valence-corrected chi connectivity index (χ0v) is 16.1. The molecular weight excluding hydrogens is 352 g/mol. The molecule has 1 saturated carbocycles. The average Bonchev–Trinajstić information content (AvgIpc) is 3.01.